The Kier molecular flexibility index (Phi) is 4.41. The van der Waals surface area contributed by atoms with Crippen molar-refractivity contribution in [1.82, 2.24) is 9.55 Å². The van der Waals surface area contributed by atoms with Crippen molar-refractivity contribution in [3.63, 3.8) is 0 Å². The number of imidazole rings is 1. The Balaban J connectivity index is 2.04. The zero-order valence-electron chi connectivity index (χ0n) is 11.9. The summed E-state index contributed by atoms with van der Waals surface area (Å²) in [5, 5.41) is 0. The lowest BCUT2D eigenvalue weighted by Gasteiger charge is -2.22. The van der Waals surface area contributed by atoms with E-state index in [1.165, 1.54) is 43.4 Å². The molecular weight excluding hydrogens is 316 g/mol. The number of hydrogen-bond donors (Lipinski definition) is 0. The second kappa shape index (κ2) is 6.27. The second-order valence-corrected chi connectivity index (χ2v) is 6.50. The van der Waals surface area contributed by atoms with Crippen LogP contribution in [0.2, 0.25) is 0 Å². The van der Waals surface area contributed by atoms with Crippen LogP contribution in [0, 0.1) is 0 Å². The minimum Gasteiger partial charge on any atom is -0.383 e. The van der Waals surface area contributed by atoms with Gasteiger partial charge in [0.25, 0.3) is 0 Å². The average Bonchev–Trinajstić information content (AvgIpc) is 2.84. The molecule has 0 aliphatic heterocycles. The van der Waals surface area contributed by atoms with Crippen LogP contribution in [0.4, 0.5) is 0 Å². The van der Waals surface area contributed by atoms with E-state index < -0.39 is 0 Å². The lowest BCUT2D eigenvalue weighted by molar-refractivity contribution is 0.186. The highest BCUT2D eigenvalue weighted by Gasteiger charge is 2.22. The Morgan fingerprint density at radius 2 is 2.10 bits per heavy atom. The van der Waals surface area contributed by atoms with Crippen molar-refractivity contribution in [2.75, 3.05) is 13.7 Å². The number of halogens is 1. The molecule has 3 nitrogen and oxygen atoms in total. The SMILES string of the molecule is COCCn1c(C2CCCCC2)nc2ccc(Br)cc21. The van der Waals surface area contributed by atoms with E-state index in [4.69, 9.17) is 9.72 Å². The van der Waals surface area contributed by atoms with Gasteiger partial charge in [-0.1, -0.05) is 35.2 Å². The van der Waals surface area contributed by atoms with E-state index in [0.717, 1.165) is 23.1 Å². The van der Waals surface area contributed by atoms with Gasteiger partial charge in [0.15, 0.2) is 0 Å². The fraction of sp³-hybridized carbons (Fsp3) is 0.562. The van der Waals surface area contributed by atoms with Crippen LogP contribution in [0.1, 0.15) is 43.8 Å². The predicted octanol–water partition coefficient (Wildman–Crippen LogP) is 4.49. The van der Waals surface area contributed by atoms with Gasteiger partial charge >= 0.3 is 0 Å². The van der Waals surface area contributed by atoms with Crippen LogP contribution < -0.4 is 0 Å². The third-order valence-corrected chi connectivity index (χ3v) is 4.72. The maximum atomic E-state index is 5.28. The van der Waals surface area contributed by atoms with Crippen molar-refractivity contribution in [2.45, 2.75) is 44.6 Å². The molecule has 1 heterocycles. The van der Waals surface area contributed by atoms with Gasteiger partial charge in [-0.3, -0.25) is 0 Å². The molecular formula is C16H21BrN2O. The first-order valence-corrected chi connectivity index (χ1v) is 8.23. The molecule has 1 aliphatic carbocycles. The summed E-state index contributed by atoms with van der Waals surface area (Å²) in [4.78, 5) is 4.92. The van der Waals surface area contributed by atoms with Gasteiger partial charge in [0.1, 0.15) is 5.82 Å². The number of benzene rings is 1. The lowest BCUT2D eigenvalue weighted by Crippen LogP contribution is -2.14. The van der Waals surface area contributed by atoms with Gasteiger partial charge in [0.05, 0.1) is 17.6 Å². The first-order valence-electron chi connectivity index (χ1n) is 7.44. The van der Waals surface area contributed by atoms with Crippen molar-refractivity contribution in [3.05, 3.63) is 28.5 Å². The highest BCUT2D eigenvalue weighted by atomic mass is 79.9. The number of methoxy groups -OCH3 is 1. The summed E-state index contributed by atoms with van der Waals surface area (Å²) in [5.41, 5.74) is 2.32. The topological polar surface area (TPSA) is 27.1 Å². The monoisotopic (exact) mass is 336 g/mol. The Morgan fingerprint density at radius 3 is 2.85 bits per heavy atom. The summed E-state index contributed by atoms with van der Waals surface area (Å²) >= 11 is 3.57. The van der Waals surface area contributed by atoms with E-state index >= 15 is 0 Å². The molecule has 20 heavy (non-hydrogen) atoms. The van der Waals surface area contributed by atoms with Crippen molar-refractivity contribution >= 4 is 27.0 Å². The van der Waals surface area contributed by atoms with Gasteiger partial charge in [-0.2, -0.15) is 0 Å². The van der Waals surface area contributed by atoms with Crippen LogP contribution >= 0.6 is 15.9 Å². The fourth-order valence-corrected chi connectivity index (χ4v) is 3.55. The van der Waals surface area contributed by atoms with Gasteiger partial charge < -0.3 is 9.30 Å². The highest BCUT2D eigenvalue weighted by Crippen LogP contribution is 2.34. The third kappa shape index (κ3) is 2.77. The number of fused-ring (bicyclic) bond motifs is 1. The molecule has 0 N–H and O–H groups in total. The van der Waals surface area contributed by atoms with Gasteiger partial charge in [-0.25, -0.2) is 4.98 Å². The Labute approximate surface area is 128 Å². The molecule has 1 aromatic carbocycles. The average molecular weight is 337 g/mol. The molecule has 1 aliphatic rings. The number of rotatable bonds is 4. The molecule has 0 saturated heterocycles. The van der Waals surface area contributed by atoms with Crippen LogP contribution in [0.5, 0.6) is 0 Å². The molecule has 0 atom stereocenters. The van der Waals surface area contributed by atoms with Crippen LogP contribution in [0.25, 0.3) is 11.0 Å². The minimum absolute atomic E-state index is 0.617. The van der Waals surface area contributed by atoms with Crippen LogP contribution in [-0.2, 0) is 11.3 Å². The summed E-state index contributed by atoms with van der Waals surface area (Å²) in [6.45, 7) is 1.62. The molecule has 0 spiro atoms. The van der Waals surface area contributed by atoms with E-state index in [-0.39, 0.29) is 0 Å². The molecule has 4 heteroatoms. The Morgan fingerprint density at radius 1 is 1.30 bits per heavy atom. The Hall–Kier alpha value is -0.870. The molecule has 0 radical (unpaired) electrons. The predicted molar refractivity (Wildman–Crippen MR) is 85.1 cm³/mol. The van der Waals surface area contributed by atoms with Gasteiger partial charge in [-0.05, 0) is 31.0 Å². The molecule has 1 aromatic heterocycles. The number of ether oxygens (including phenoxy) is 1. The molecule has 0 unspecified atom stereocenters. The number of aromatic nitrogens is 2. The highest BCUT2D eigenvalue weighted by molar-refractivity contribution is 9.10. The standard InChI is InChI=1S/C16H21BrN2O/c1-20-10-9-19-15-11-13(17)7-8-14(15)18-16(19)12-5-3-2-4-6-12/h7-8,11-12H,2-6,9-10H2,1H3. The van der Waals surface area contributed by atoms with E-state index in [1.807, 2.05) is 0 Å². The quantitative estimate of drug-likeness (QED) is 0.822. The van der Waals surface area contributed by atoms with E-state index in [2.05, 4.69) is 38.7 Å². The second-order valence-electron chi connectivity index (χ2n) is 5.58. The summed E-state index contributed by atoms with van der Waals surface area (Å²) in [6, 6.07) is 6.35. The van der Waals surface area contributed by atoms with Gasteiger partial charge in [-0.15, -0.1) is 0 Å². The smallest absolute Gasteiger partial charge is 0.113 e. The van der Waals surface area contributed by atoms with E-state index in [1.54, 1.807) is 7.11 Å². The van der Waals surface area contributed by atoms with E-state index in [9.17, 15) is 0 Å². The lowest BCUT2D eigenvalue weighted by atomic mass is 9.88. The van der Waals surface area contributed by atoms with Crippen molar-refractivity contribution < 1.29 is 4.74 Å². The largest absolute Gasteiger partial charge is 0.383 e. The van der Waals surface area contributed by atoms with Crippen molar-refractivity contribution in [1.29, 1.82) is 0 Å². The molecule has 2 aromatic rings. The summed E-state index contributed by atoms with van der Waals surface area (Å²) in [6.07, 6.45) is 6.60. The molecule has 3 rings (SSSR count). The van der Waals surface area contributed by atoms with Crippen molar-refractivity contribution in [2.24, 2.45) is 0 Å². The first-order chi connectivity index (χ1) is 9.79. The normalized spacial score (nSPS) is 16.9. The van der Waals surface area contributed by atoms with Crippen LogP contribution in [0.3, 0.4) is 0 Å². The maximum absolute atomic E-state index is 5.28. The molecule has 0 bridgehead atoms. The van der Waals surface area contributed by atoms with Crippen LogP contribution in [0.15, 0.2) is 22.7 Å². The summed E-state index contributed by atoms with van der Waals surface area (Å²) < 4.78 is 8.75. The molecule has 0 amide bonds. The molecule has 108 valence electrons. The third-order valence-electron chi connectivity index (χ3n) is 4.23. The molecule has 1 saturated carbocycles. The zero-order valence-corrected chi connectivity index (χ0v) is 13.5. The van der Waals surface area contributed by atoms with Gasteiger partial charge in [0, 0.05) is 24.0 Å². The zero-order chi connectivity index (χ0) is 13.9. The van der Waals surface area contributed by atoms with E-state index in [0.29, 0.717) is 5.92 Å². The van der Waals surface area contributed by atoms with Crippen molar-refractivity contribution in [3.8, 4) is 0 Å². The molecule has 1 fully saturated rings. The Bertz CT molecular complexity index is 587. The first kappa shape index (κ1) is 14.1. The minimum atomic E-state index is 0.617. The summed E-state index contributed by atoms with van der Waals surface area (Å²) in [7, 11) is 1.76. The number of nitrogens with zero attached hydrogens (tertiary/aromatic N) is 2. The summed E-state index contributed by atoms with van der Waals surface area (Å²) in [5.74, 6) is 1.88. The van der Waals surface area contributed by atoms with Gasteiger partial charge in [0.2, 0.25) is 0 Å². The fourth-order valence-electron chi connectivity index (χ4n) is 3.20. The maximum Gasteiger partial charge on any atom is 0.113 e. The van der Waals surface area contributed by atoms with Crippen LogP contribution in [-0.4, -0.2) is 23.3 Å². The number of hydrogen-bond acceptors (Lipinski definition) is 2.